The first kappa shape index (κ1) is 19.0. The van der Waals surface area contributed by atoms with Gasteiger partial charge in [0.05, 0.1) is 11.1 Å². The van der Waals surface area contributed by atoms with Crippen molar-refractivity contribution in [1.82, 2.24) is 20.3 Å². The average Bonchev–Trinajstić information content (AvgIpc) is 3.57. The van der Waals surface area contributed by atoms with E-state index in [1.54, 1.807) is 11.7 Å². The molecule has 0 aromatic carbocycles. The lowest BCUT2D eigenvalue weighted by Crippen LogP contribution is -2.67. The Kier molecular flexibility index (Phi) is 4.62. The minimum Gasteiger partial charge on any atom is -0.333 e. The number of carbonyl (C=O) groups excluding carboxylic acids is 2. The summed E-state index contributed by atoms with van der Waals surface area (Å²) in [7, 11) is 0. The molecule has 2 bridgehead atoms. The lowest BCUT2D eigenvalue weighted by atomic mass is 9.69. The molecule has 29 heavy (non-hydrogen) atoms. The zero-order chi connectivity index (χ0) is 20.2. The molecule has 0 spiro atoms. The van der Waals surface area contributed by atoms with E-state index in [1.165, 1.54) is 0 Å². The van der Waals surface area contributed by atoms with E-state index in [0.717, 1.165) is 75.7 Å². The van der Waals surface area contributed by atoms with Crippen molar-refractivity contribution in [2.24, 2.45) is 5.92 Å². The van der Waals surface area contributed by atoms with Crippen LogP contribution in [-0.4, -0.2) is 56.0 Å². The van der Waals surface area contributed by atoms with E-state index >= 15 is 0 Å². The van der Waals surface area contributed by atoms with E-state index in [0.29, 0.717) is 23.6 Å². The number of hydroxylamine groups is 1. The summed E-state index contributed by atoms with van der Waals surface area (Å²) in [6, 6.07) is 2.72. The molecule has 1 aromatic rings. The van der Waals surface area contributed by atoms with E-state index in [-0.39, 0.29) is 11.5 Å². The van der Waals surface area contributed by atoms with Gasteiger partial charge in [0, 0.05) is 49.4 Å². The molecule has 0 radical (unpaired) electrons. The monoisotopic (exact) mass is 398 g/mol. The van der Waals surface area contributed by atoms with Crippen molar-refractivity contribution in [2.45, 2.75) is 82.5 Å². The van der Waals surface area contributed by atoms with Gasteiger partial charge in [-0.3, -0.25) is 24.7 Å². The molecule has 7 nitrogen and oxygen atoms in total. The van der Waals surface area contributed by atoms with Gasteiger partial charge in [0.15, 0.2) is 0 Å². The molecule has 6 rings (SSSR count). The number of nitrogens with zero attached hydrogens (tertiary/aromatic N) is 3. The first-order chi connectivity index (χ1) is 14.0. The van der Waals surface area contributed by atoms with Crippen molar-refractivity contribution in [3.05, 3.63) is 29.1 Å². The second-order valence-electron chi connectivity index (χ2n) is 9.38. The Labute approximate surface area is 171 Å². The third-order valence-electron chi connectivity index (χ3n) is 7.64. The molecule has 7 heteroatoms. The zero-order valence-electron chi connectivity index (χ0n) is 17.1. The summed E-state index contributed by atoms with van der Waals surface area (Å²) in [5, 5.41) is 8.95. The largest absolute Gasteiger partial charge is 0.333 e. The minimum absolute atomic E-state index is 0.0224. The third-order valence-corrected chi connectivity index (χ3v) is 7.64. The fourth-order valence-electron chi connectivity index (χ4n) is 5.92. The van der Waals surface area contributed by atoms with Crippen molar-refractivity contribution in [1.29, 1.82) is 0 Å². The van der Waals surface area contributed by atoms with Crippen molar-refractivity contribution in [2.75, 3.05) is 6.54 Å². The molecule has 2 aliphatic carbocycles. The van der Waals surface area contributed by atoms with E-state index in [4.69, 9.17) is 5.21 Å². The Balaban J connectivity index is 1.43. The van der Waals surface area contributed by atoms with Crippen LogP contribution in [0.5, 0.6) is 0 Å². The number of nitrogens with one attached hydrogen (secondary N) is 1. The van der Waals surface area contributed by atoms with E-state index in [9.17, 15) is 9.59 Å². The Morgan fingerprint density at radius 2 is 2.07 bits per heavy atom. The second-order valence-corrected chi connectivity index (χ2v) is 9.38. The molecule has 1 aromatic heterocycles. The molecular weight excluding hydrogens is 368 g/mol. The number of pyridine rings is 1. The molecular formula is C22H30N4O3. The molecule has 4 heterocycles. The molecule has 2 N–H and O–H groups in total. The Bertz CT molecular complexity index is 829. The van der Waals surface area contributed by atoms with Crippen LogP contribution in [0.3, 0.4) is 0 Å². The lowest BCUT2D eigenvalue weighted by Gasteiger charge is -2.57. The van der Waals surface area contributed by atoms with Crippen molar-refractivity contribution >= 4 is 11.8 Å². The quantitative estimate of drug-likeness (QED) is 0.587. The Morgan fingerprint density at radius 1 is 1.31 bits per heavy atom. The molecule has 3 aliphatic heterocycles. The first-order valence-corrected chi connectivity index (χ1v) is 11.0. The minimum atomic E-state index is -0.529. The maximum absolute atomic E-state index is 13.0. The highest BCUT2D eigenvalue weighted by atomic mass is 16.5. The van der Waals surface area contributed by atoms with Gasteiger partial charge >= 0.3 is 0 Å². The predicted octanol–water partition coefficient (Wildman–Crippen LogP) is 2.27. The van der Waals surface area contributed by atoms with Crippen LogP contribution in [0, 0.1) is 5.92 Å². The van der Waals surface area contributed by atoms with Gasteiger partial charge < -0.3 is 4.90 Å². The van der Waals surface area contributed by atoms with Crippen LogP contribution >= 0.6 is 0 Å². The first-order valence-electron chi connectivity index (χ1n) is 11.0. The summed E-state index contributed by atoms with van der Waals surface area (Å²) in [6.45, 7) is 3.87. The van der Waals surface area contributed by atoms with Crippen LogP contribution in [-0.2, 0) is 17.8 Å². The fraction of sp³-hybridized carbons (Fsp3) is 0.682. The standard InChI is InChI=1S/C22H30N4O3/c1-2-17-10-19-16(9-15(11-23-19)20(27)24-29)12-25(17)13-22-7-5-14(6-8-22)21(28)26(22)18-3-4-18/h9,11,14,17-18,29H,2-8,10,12-13H2,1H3,(H,24,27)/t14?,17-,22?/m0/s1. The summed E-state index contributed by atoms with van der Waals surface area (Å²) in [4.78, 5) is 34.2. The Hall–Kier alpha value is -1.99. The molecule has 2 amide bonds. The molecule has 4 fully saturated rings. The van der Waals surface area contributed by atoms with E-state index in [1.807, 2.05) is 6.07 Å². The van der Waals surface area contributed by atoms with E-state index < -0.39 is 5.91 Å². The SMILES string of the molecule is CC[C@H]1Cc2ncc(C(=O)NO)cc2CN1CC12CCC(CC1)C(=O)N2C1CC1. The highest BCUT2D eigenvalue weighted by Gasteiger charge is 2.56. The predicted molar refractivity (Wildman–Crippen MR) is 106 cm³/mol. The summed E-state index contributed by atoms with van der Waals surface area (Å²) in [6.07, 6.45) is 10.1. The summed E-state index contributed by atoms with van der Waals surface area (Å²) in [5.74, 6) is 0.128. The smallest absolute Gasteiger partial charge is 0.276 e. The number of hydrogen-bond donors (Lipinski definition) is 2. The van der Waals surface area contributed by atoms with Crippen LogP contribution < -0.4 is 5.48 Å². The van der Waals surface area contributed by atoms with Crippen molar-refractivity contribution in [3.8, 4) is 0 Å². The van der Waals surface area contributed by atoms with Crippen LogP contribution in [0.4, 0.5) is 0 Å². The second kappa shape index (κ2) is 7.06. The molecule has 5 aliphatic rings. The maximum Gasteiger partial charge on any atom is 0.276 e. The molecule has 1 atom stereocenters. The summed E-state index contributed by atoms with van der Waals surface area (Å²) >= 11 is 0. The summed E-state index contributed by atoms with van der Waals surface area (Å²) in [5.41, 5.74) is 4.16. The van der Waals surface area contributed by atoms with Crippen LogP contribution in [0.25, 0.3) is 0 Å². The molecule has 0 unspecified atom stereocenters. The zero-order valence-corrected chi connectivity index (χ0v) is 17.1. The number of piperidine rings is 2. The lowest BCUT2D eigenvalue weighted by molar-refractivity contribution is -0.160. The van der Waals surface area contributed by atoms with Gasteiger partial charge in [-0.2, -0.15) is 0 Å². The van der Waals surface area contributed by atoms with Gasteiger partial charge in [-0.25, -0.2) is 5.48 Å². The van der Waals surface area contributed by atoms with Gasteiger partial charge in [0.25, 0.3) is 5.91 Å². The number of rotatable bonds is 5. The van der Waals surface area contributed by atoms with Crippen LogP contribution in [0.2, 0.25) is 0 Å². The van der Waals surface area contributed by atoms with Gasteiger partial charge in [-0.15, -0.1) is 0 Å². The molecule has 2 saturated heterocycles. The molecule has 2 saturated carbocycles. The molecule has 156 valence electrons. The highest BCUT2D eigenvalue weighted by Crippen LogP contribution is 2.49. The van der Waals surface area contributed by atoms with Gasteiger partial charge in [-0.05, 0) is 56.6 Å². The summed E-state index contributed by atoms with van der Waals surface area (Å²) < 4.78 is 0. The number of aromatic nitrogens is 1. The van der Waals surface area contributed by atoms with Crippen LogP contribution in [0.15, 0.2) is 12.3 Å². The van der Waals surface area contributed by atoms with Crippen molar-refractivity contribution in [3.63, 3.8) is 0 Å². The van der Waals surface area contributed by atoms with Gasteiger partial charge in [0.2, 0.25) is 5.91 Å². The number of amides is 2. The van der Waals surface area contributed by atoms with Crippen LogP contribution in [0.1, 0.15) is 73.5 Å². The third kappa shape index (κ3) is 3.15. The highest BCUT2D eigenvalue weighted by molar-refractivity contribution is 5.93. The van der Waals surface area contributed by atoms with Gasteiger partial charge in [-0.1, -0.05) is 6.92 Å². The van der Waals surface area contributed by atoms with Crippen molar-refractivity contribution < 1.29 is 14.8 Å². The number of hydrogen-bond acceptors (Lipinski definition) is 5. The Morgan fingerprint density at radius 3 is 2.72 bits per heavy atom. The fourth-order valence-corrected chi connectivity index (χ4v) is 5.92. The topological polar surface area (TPSA) is 85.8 Å². The van der Waals surface area contributed by atoms with E-state index in [2.05, 4.69) is 21.7 Å². The average molecular weight is 399 g/mol. The maximum atomic E-state index is 13.0. The number of carbonyl (C=O) groups is 2. The number of fused-ring (bicyclic) bond motifs is 4. The normalized spacial score (nSPS) is 31.7. The van der Waals surface area contributed by atoms with Gasteiger partial charge in [0.1, 0.15) is 0 Å².